The Morgan fingerprint density at radius 2 is 2.05 bits per heavy atom. The molecule has 2 aromatic rings. The summed E-state index contributed by atoms with van der Waals surface area (Å²) in [5.41, 5.74) is 4.04. The number of phenols is 1. The van der Waals surface area contributed by atoms with Crippen LogP contribution in [0.4, 0.5) is 0 Å². The second kappa shape index (κ2) is 5.77. The van der Waals surface area contributed by atoms with Crippen LogP contribution in [0.2, 0.25) is 0 Å². The van der Waals surface area contributed by atoms with E-state index in [1.54, 1.807) is 18.2 Å². The zero-order chi connectivity index (χ0) is 13.7. The Bertz CT molecular complexity index is 624. The second-order valence-electron chi connectivity index (χ2n) is 3.92. The first-order valence-electron chi connectivity index (χ1n) is 5.72. The Labute approximate surface area is 110 Å². The number of pyridine rings is 1. The smallest absolute Gasteiger partial charge is 0.275 e. The highest BCUT2D eigenvalue weighted by atomic mass is 16.3. The number of aromatic hydroxyl groups is 1. The Balaban J connectivity index is 2.03. The monoisotopic (exact) mass is 255 g/mol. The van der Waals surface area contributed by atoms with Gasteiger partial charge in [-0.15, -0.1) is 0 Å². The molecule has 0 aliphatic rings. The van der Waals surface area contributed by atoms with E-state index in [0.29, 0.717) is 5.69 Å². The molecule has 1 aromatic heterocycles. The van der Waals surface area contributed by atoms with Crippen molar-refractivity contribution in [2.75, 3.05) is 0 Å². The molecule has 0 saturated heterocycles. The number of nitrogens with zero attached hydrogens (tertiary/aromatic N) is 2. The summed E-state index contributed by atoms with van der Waals surface area (Å²) in [6.07, 6.45) is 1.45. The minimum absolute atomic E-state index is 0.0797. The van der Waals surface area contributed by atoms with Crippen LogP contribution in [-0.4, -0.2) is 22.2 Å². The average molecular weight is 255 g/mol. The molecule has 0 atom stereocenters. The van der Waals surface area contributed by atoms with Gasteiger partial charge < -0.3 is 5.11 Å². The van der Waals surface area contributed by atoms with Gasteiger partial charge in [0.2, 0.25) is 0 Å². The number of hydrazone groups is 1. The molecule has 96 valence electrons. The highest BCUT2D eigenvalue weighted by molar-refractivity contribution is 5.97. The van der Waals surface area contributed by atoms with Gasteiger partial charge in [0.1, 0.15) is 5.75 Å². The molecule has 1 amide bonds. The molecule has 0 spiro atoms. The molecule has 1 aromatic carbocycles. The number of phenolic OH excluding ortho intramolecular Hbond substituents is 1. The molecule has 2 rings (SSSR count). The highest BCUT2D eigenvalue weighted by Gasteiger charge is 2.08. The average Bonchev–Trinajstić information content (AvgIpc) is 2.39. The fourth-order valence-electron chi connectivity index (χ4n) is 1.52. The van der Waals surface area contributed by atoms with Crippen LogP contribution < -0.4 is 5.43 Å². The van der Waals surface area contributed by atoms with Crippen molar-refractivity contribution in [1.82, 2.24) is 10.4 Å². The fourth-order valence-corrected chi connectivity index (χ4v) is 1.52. The predicted octanol–water partition coefficient (Wildman–Crippen LogP) is 1.86. The van der Waals surface area contributed by atoms with E-state index < -0.39 is 5.91 Å². The van der Waals surface area contributed by atoms with Gasteiger partial charge >= 0.3 is 0 Å². The molecule has 0 bridgehead atoms. The van der Waals surface area contributed by atoms with Crippen LogP contribution in [0.25, 0.3) is 0 Å². The van der Waals surface area contributed by atoms with E-state index in [1.807, 2.05) is 19.1 Å². The molecule has 0 unspecified atom stereocenters. The summed E-state index contributed by atoms with van der Waals surface area (Å²) in [6, 6.07) is 11.8. The summed E-state index contributed by atoms with van der Waals surface area (Å²) in [4.78, 5) is 15.9. The number of para-hydroxylation sites is 1. The van der Waals surface area contributed by atoms with Crippen molar-refractivity contribution < 1.29 is 9.90 Å². The quantitative estimate of drug-likeness (QED) is 0.649. The minimum atomic E-state index is -0.470. The number of rotatable bonds is 3. The van der Waals surface area contributed by atoms with Gasteiger partial charge in [0.25, 0.3) is 5.91 Å². The van der Waals surface area contributed by atoms with Crippen LogP contribution in [0.5, 0.6) is 5.75 Å². The van der Waals surface area contributed by atoms with Crippen LogP contribution in [0, 0.1) is 6.92 Å². The topological polar surface area (TPSA) is 74.6 Å². The molecule has 0 aliphatic carbocycles. The maximum absolute atomic E-state index is 11.7. The lowest BCUT2D eigenvalue weighted by molar-refractivity contribution is 0.0952. The number of hydrogen-bond donors (Lipinski definition) is 2. The highest BCUT2D eigenvalue weighted by Crippen LogP contribution is 2.14. The SMILES string of the molecule is Cc1cccc(C=NNC(=O)c2ccccc2O)n1. The standard InChI is InChI=1S/C14H13N3O2/c1-10-5-4-6-11(16-10)9-15-17-14(19)12-7-2-3-8-13(12)18/h2-9,18H,1H3,(H,17,19). The number of carbonyl (C=O) groups excluding carboxylic acids is 1. The molecule has 5 heteroatoms. The van der Waals surface area contributed by atoms with Crippen molar-refractivity contribution >= 4 is 12.1 Å². The molecule has 0 radical (unpaired) electrons. The number of aromatic nitrogens is 1. The summed E-state index contributed by atoms with van der Waals surface area (Å²) in [5.74, 6) is -0.550. The van der Waals surface area contributed by atoms with Gasteiger partial charge in [-0.05, 0) is 31.2 Å². The molecule has 0 fully saturated rings. The fraction of sp³-hybridized carbons (Fsp3) is 0.0714. The Morgan fingerprint density at radius 1 is 1.26 bits per heavy atom. The number of aryl methyl sites for hydroxylation is 1. The second-order valence-corrected chi connectivity index (χ2v) is 3.92. The Morgan fingerprint density at radius 3 is 2.79 bits per heavy atom. The van der Waals surface area contributed by atoms with Gasteiger partial charge in [-0.2, -0.15) is 5.10 Å². The molecule has 5 nitrogen and oxygen atoms in total. The molecule has 0 aliphatic heterocycles. The Hall–Kier alpha value is -2.69. The third-order valence-corrected chi connectivity index (χ3v) is 2.42. The van der Waals surface area contributed by atoms with Crippen LogP contribution >= 0.6 is 0 Å². The summed E-state index contributed by atoms with van der Waals surface area (Å²) in [6.45, 7) is 1.87. The lowest BCUT2D eigenvalue weighted by Gasteiger charge is -2.01. The third-order valence-electron chi connectivity index (χ3n) is 2.42. The maximum Gasteiger partial charge on any atom is 0.275 e. The van der Waals surface area contributed by atoms with Gasteiger partial charge in [0, 0.05) is 5.69 Å². The first-order valence-corrected chi connectivity index (χ1v) is 5.72. The first-order chi connectivity index (χ1) is 9.16. The number of amides is 1. The van der Waals surface area contributed by atoms with Gasteiger partial charge in [-0.1, -0.05) is 18.2 Å². The largest absolute Gasteiger partial charge is 0.507 e. The summed E-state index contributed by atoms with van der Waals surface area (Å²) in [5, 5.41) is 13.3. The van der Waals surface area contributed by atoms with Crippen LogP contribution in [0.3, 0.4) is 0 Å². The van der Waals surface area contributed by atoms with Gasteiger partial charge in [-0.3, -0.25) is 9.78 Å². The lowest BCUT2D eigenvalue weighted by atomic mass is 10.2. The van der Waals surface area contributed by atoms with Crippen molar-refractivity contribution in [3.8, 4) is 5.75 Å². The van der Waals surface area contributed by atoms with E-state index in [-0.39, 0.29) is 11.3 Å². The summed E-state index contributed by atoms with van der Waals surface area (Å²) in [7, 11) is 0. The molecular weight excluding hydrogens is 242 g/mol. The number of hydrogen-bond acceptors (Lipinski definition) is 4. The molecule has 2 N–H and O–H groups in total. The van der Waals surface area contributed by atoms with Gasteiger partial charge in [0.05, 0.1) is 17.5 Å². The number of nitrogens with one attached hydrogen (secondary N) is 1. The van der Waals surface area contributed by atoms with Gasteiger partial charge in [0.15, 0.2) is 0 Å². The van der Waals surface area contributed by atoms with Crippen molar-refractivity contribution in [2.24, 2.45) is 5.10 Å². The van der Waals surface area contributed by atoms with Crippen molar-refractivity contribution in [1.29, 1.82) is 0 Å². The lowest BCUT2D eigenvalue weighted by Crippen LogP contribution is -2.17. The Kier molecular flexibility index (Phi) is 3.87. The molecule has 1 heterocycles. The van der Waals surface area contributed by atoms with Crippen LogP contribution in [0.15, 0.2) is 47.6 Å². The summed E-state index contributed by atoms with van der Waals surface area (Å²) >= 11 is 0. The van der Waals surface area contributed by atoms with Crippen LogP contribution in [0.1, 0.15) is 21.7 Å². The van der Waals surface area contributed by atoms with Crippen molar-refractivity contribution in [3.05, 3.63) is 59.4 Å². The van der Waals surface area contributed by atoms with E-state index in [4.69, 9.17) is 0 Å². The minimum Gasteiger partial charge on any atom is -0.507 e. The van der Waals surface area contributed by atoms with Crippen molar-refractivity contribution in [2.45, 2.75) is 6.92 Å². The summed E-state index contributed by atoms with van der Waals surface area (Å²) < 4.78 is 0. The van der Waals surface area contributed by atoms with Gasteiger partial charge in [-0.25, -0.2) is 5.43 Å². The van der Waals surface area contributed by atoms with Crippen LogP contribution in [-0.2, 0) is 0 Å². The van der Waals surface area contributed by atoms with E-state index in [9.17, 15) is 9.90 Å². The molecular formula is C14H13N3O2. The number of carbonyl (C=O) groups is 1. The molecule has 19 heavy (non-hydrogen) atoms. The predicted molar refractivity (Wildman–Crippen MR) is 72.1 cm³/mol. The zero-order valence-electron chi connectivity index (χ0n) is 10.4. The number of benzene rings is 1. The zero-order valence-corrected chi connectivity index (χ0v) is 10.4. The van der Waals surface area contributed by atoms with E-state index in [0.717, 1.165) is 5.69 Å². The van der Waals surface area contributed by atoms with E-state index >= 15 is 0 Å². The molecule has 0 saturated carbocycles. The van der Waals surface area contributed by atoms with E-state index in [2.05, 4.69) is 15.5 Å². The third kappa shape index (κ3) is 3.38. The maximum atomic E-state index is 11.7. The van der Waals surface area contributed by atoms with E-state index in [1.165, 1.54) is 18.3 Å². The first kappa shape index (κ1) is 12.8. The van der Waals surface area contributed by atoms with Crippen molar-refractivity contribution in [3.63, 3.8) is 0 Å². The normalized spacial score (nSPS) is 10.6.